The number of thiophene rings is 1. The SMILES string of the molecule is Cc1cn(Cc2ccc(Cl)cc2Cl)c2c(/C=C/C(=O)NSc3cc(Cl)c(Cl)s3)cc(F)cc12. The Hall–Kier alpha value is -1.67. The van der Waals surface area contributed by atoms with Crippen LogP contribution < -0.4 is 4.72 Å². The minimum atomic E-state index is -0.384. The maximum Gasteiger partial charge on any atom is 0.254 e. The molecule has 0 bridgehead atoms. The highest BCUT2D eigenvalue weighted by Crippen LogP contribution is 2.36. The van der Waals surface area contributed by atoms with Crippen LogP contribution in [0.5, 0.6) is 0 Å². The lowest BCUT2D eigenvalue weighted by molar-refractivity contribution is -0.114. The molecule has 1 N–H and O–H groups in total. The van der Waals surface area contributed by atoms with E-state index < -0.39 is 0 Å². The fourth-order valence-electron chi connectivity index (χ4n) is 3.37. The first kappa shape index (κ1) is 24.5. The van der Waals surface area contributed by atoms with Crippen LogP contribution in [0.4, 0.5) is 4.39 Å². The van der Waals surface area contributed by atoms with E-state index in [0.717, 1.165) is 38.2 Å². The Kier molecular flexibility index (Phi) is 7.63. The molecule has 3 nitrogen and oxygen atoms in total. The van der Waals surface area contributed by atoms with Crippen LogP contribution in [-0.2, 0) is 11.3 Å². The second kappa shape index (κ2) is 10.3. The summed E-state index contributed by atoms with van der Waals surface area (Å²) in [5.74, 6) is -0.737. The lowest BCUT2D eigenvalue weighted by atomic mass is 10.1. The summed E-state index contributed by atoms with van der Waals surface area (Å²) in [4.78, 5) is 12.3. The van der Waals surface area contributed by atoms with Crippen molar-refractivity contribution in [3.8, 4) is 0 Å². The van der Waals surface area contributed by atoms with Gasteiger partial charge in [-0.25, -0.2) is 4.39 Å². The van der Waals surface area contributed by atoms with Crippen molar-refractivity contribution in [1.82, 2.24) is 9.29 Å². The second-order valence-corrected chi connectivity index (χ2v) is 11.2. The summed E-state index contributed by atoms with van der Waals surface area (Å²) in [6, 6.07) is 9.89. The van der Waals surface area contributed by atoms with E-state index in [1.165, 1.54) is 29.5 Å². The third kappa shape index (κ3) is 5.70. The van der Waals surface area contributed by atoms with Gasteiger partial charge in [0.05, 0.1) is 14.7 Å². The topological polar surface area (TPSA) is 34.0 Å². The molecule has 0 saturated carbocycles. The zero-order valence-electron chi connectivity index (χ0n) is 17.0. The van der Waals surface area contributed by atoms with Crippen molar-refractivity contribution in [2.45, 2.75) is 17.7 Å². The molecule has 33 heavy (non-hydrogen) atoms. The maximum atomic E-state index is 14.3. The Morgan fingerprint density at radius 3 is 2.64 bits per heavy atom. The second-order valence-electron chi connectivity index (χ2n) is 7.16. The average Bonchev–Trinajstić information content (AvgIpc) is 3.25. The molecule has 0 atom stereocenters. The van der Waals surface area contributed by atoms with Crippen LogP contribution in [0.3, 0.4) is 0 Å². The monoisotopic (exact) mass is 558 g/mol. The molecule has 0 aliphatic rings. The number of hydrogen-bond donors (Lipinski definition) is 1. The Bertz CT molecular complexity index is 1380. The Morgan fingerprint density at radius 1 is 1.15 bits per heavy atom. The van der Waals surface area contributed by atoms with E-state index in [0.29, 0.717) is 31.5 Å². The smallest absolute Gasteiger partial charge is 0.254 e. The van der Waals surface area contributed by atoms with Gasteiger partial charge in [0.15, 0.2) is 0 Å². The minimum absolute atomic E-state index is 0.353. The van der Waals surface area contributed by atoms with Crippen LogP contribution in [0, 0.1) is 12.7 Å². The summed E-state index contributed by atoms with van der Waals surface area (Å²) >= 11 is 26.6. The van der Waals surface area contributed by atoms with E-state index >= 15 is 0 Å². The molecule has 0 unspecified atom stereocenters. The van der Waals surface area contributed by atoms with Crippen molar-refractivity contribution in [2.75, 3.05) is 0 Å². The number of hydrogen-bond acceptors (Lipinski definition) is 3. The largest absolute Gasteiger partial charge is 0.342 e. The fraction of sp³-hybridized carbons (Fsp3) is 0.0870. The van der Waals surface area contributed by atoms with Crippen molar-refractivity contribution in [3.63, 3.8) is 0 Å². The molecule has 2 aromatic heterocycles. The molecular formula is C23H15Cl4FN2OS2. The van der Waals surface area contributed by atoms with E-state index in [4.69, 9.17) is 46.4 Å². The molecular weight excluding hydrogens is 545 g/mol. The first-order valence-electron chi connectivity index (χ1n) is 9.54. The molecule has 1 amide bonds. The minimum Gasteiger partial charge on any atom is -0.342 e. The van der Waals surface area contributed by atoms with E-state index in [1.807, 2.05) is 23.8 Å². The normalized spacial score (nSPS) is 11.6. The van der Waals surface area contributed by atoms with Crippen LogP contribution in [0.1, 0.15) is 16.7 Å². The van der Waals surface area contributed by atoms with Crippen LogP contribution in [0.25, 0.3) is 17.0 Å². The number of nitrogens with zero attached hydrogens (tertiary/aromatic N) is 1. The molecule has 0 aliphatic carbocycles. The lowest BCUT2D eigenvalue weighted by Crippen LogP contribution is -2.11. The van der Waals surface area contributed by atoms with Gasteiger partial charge in [-0.05, 0) is 66.4 Å². The summed E-state index contributed by atoms with van der Waals surface area (Å²) in [5.41, 5.74) is 3.16. The van der Waals surface area contributed by atoms with E-state index in [-0.39, 0.29) is 11.7 Å². The predicted molar refractivity (Wildman–Crippen MR) is 140 cm³/mol. The molecule has 0 spiro atoms. The molecule has 10 heteroatoms. The van der Waals surface area contributed by atoms with Crippen molar-refractivity contribution in [2.24, 2.45) is 0 Å². The number of aromatic nitrogens is 1. The van der Waals surface area contributed by atoms with Gasteiger partial charge in [-0.1, -0.05) is 52.5 Å². The molecule has 4 aromatic rings. The predicted octanol–water partition coefficient (Wildman–Crippen LogP) is 8.65. The van der Waals surface area contributed by atoms with E-state index in [2.05, 4.69) is 4.72 Å². The highest BCUT2D eigenvalue weighted by Gasteiger charge is 2.13. The van der Waals surface area contributed by atoms with Crippen molar-refractivity contribution < 1.29 is 9.18 Å². The third-order valence-electron chi connectivity index (χ3n) is 4.81. The van der Waals surface area contributed by atoms with Gasteiger partial charge in [0.2, 0.25) is 0 Å². The molecule has 0 fully saturated rings. The summed E-state index contributed by atoms with van der Waals surface area (Å²) < 4.78 is 20.2. The van der Waals surface area contributed by atoms with Gasteiger partial charge in [-0.15, -0.1) is 11.3 Å². The number of carbonyl (C=O) groups excluding carboxylic acids is 1. The van der Waals surface area contributed by atoms with Crippen LogP contribution >= 0.6 is 69.7 Å². The third-order valence-corrected chi connectivity index (χ3v) is 8.18. The molecule has 0 saturated heterocycles. The summed E-state index contributed by atoms with van der Waals surface area (Å²) in [6.07, 6.45) is 4.89. The Labute approximate surface area is 218 Å². The van der Waals surface area contributed by atoms with Crippen molar-refractivity contribution in [3.05, 3.63) is 90.6 Å². The molecule has 2 heterocycles. The van der Waals surface area contributed by atoms with Crippen LogP contribution in [0.2, 0.25) is 19.4 Å². The number of benzene rings is 2. The molecule has 0 radical (unpaired) electrons. The quantitative estimate of drug-likeness (QED) is 0.189. The maximum absolute atomic E-state index is 14.3. The van der Waals surface area contributed by atoms with Gasteiger partial charge in [0, 0.05) is 39.8 Å². The highest BCUT2D eigenvalue weighted by molar-refractivity contribution is 7.99. The van der Waals surface area contributed by atoms with Gasteiger partial charge in [0.25, 0.3) is 5.91 Å². The van der Waals surface area contributed by atoms with Gasteiger partial charge in [0.1, 0.15) is 10.2 Å². The summed E-state index contributed by atoms with van der Waals surface area (Å²) in [6.45, 7) is 2.38. The Balaban J connectivity index is 1.61. The highest BCUT2D eigenvalue weighted by atomic mass is 35.5. The van der Waals surface area contributed by atoms with Crippen LogP contribution in [0.15, 0.2) is 52.9 Å². The summed E-state index contributed by atoms with van der Waals surface area (Å²) in [5, 5.41) is 2.30. The number of aryl methyl sites for hydroxylation is 1. The zero-order valence-corrected chi connectivity index (χ0v) is 21.6. The molecule has 4 rings (SSSR count). The number of nitrogens with one attached hydrogen (secondary N) is 1. The van der Waals surface area contributed by atoms with Crippen LogP contribution in [-0.4, -0.2) is 10.5 Å². The van der Waals surface area contributed by atoms with Gasteiger partial charge < -0.3 is 4.57 Å². The van der Waals surface area contributed by atoms with Gasteiger partial charge in [-0.3, -0.25) is 9.52 Å². The first-order valence-corrected chi connectivity index (χ1v) is 12.7. The van der Waals surface area contributed by atoms with Crippen molar-refractivity contribution >= 4 is 92.6 Å². The number of rotatable bonds is 6. The van der Waals surface area contributed by atoms with Gasteiger partial charge >= 0.3 is 0 Å². The molecule has 170 valence electrons. The number of fused-ring (bicyclic) bond motifs is 1. The lowest BCUT2D eigenvalue weighted by Gasteiger charge is -2.10. The molecule has 2 aromatic carbocycles. The number of amides is 1. The van der Waals surface area contributed by atoms with E-state index in [9.17, 15) is 9.18 Å². The average molecular weight is 560 g/mol. The number of halogens is 5. The van der Waals surface area contributed by atoms with Gasteiger partial charge in [-0.2, -0.15) is 0 Å². The zero-order chi connectivity index (χ0) is 23.7. The fourth-order valence-corrected chi connectivity index (χ4v) is 6.13. The summed E-state index contributed by atoms with van der Waals surface area (Å²) in [7, 11) is 0. The molecule has 0 aliphatic heterocycles. The number of carbonyl (C=O) groups is 1. The van der Waals surface area contributed by atoms with Crippen molar-refractivity contribution in [1.29, 1.82) is 0 Å². The standard InChI is InChI=1S/C23H15Cl4FN2OS2/c1-12-10-30(11-14-2-4-15(24)7-18(14)25)22-13(6-16(28)8-17(12)22)3-5-20(31)29-33-21-9-19(26)23(27)32-21/h2-10H,11H2,1H3,(H,29,31)/b5-3+. The van der Waals surface area contributed by atoms with E-state index in [1.54, 1.807) is 24.3 Å². The Morgan fingerprint density at radius 2 is 1.94 bits per heavy atom. The first-order chi connectivity index (χ1) is 15.7.